The van der Waals surface area contributed by atoms with E-state index in [1.165, 1.54) is 0 Å². The van der Waals surface area contributed by atoms with Crippen molar-refractivity contribution < 1.29 is 9.53 Å². The molecule has 0 aromatic heterocycles. The van der Waals surface area contributed by atoms with Crippen LogP contribution in [-0.4, -0.2) is 24.2 Å². The summed E-state index contributed by atoms with van der Waals surface area (Å²) >= 11 is 4.53. The van der Waals surface area contributed by atoms with Crippen LogP contribution in [0.15, 0.2) is 0 Å². The first-order valence-electron chi connectivity index (χ1n) is 3.35. The molecule has 0 rings (SSSR count). The van der Waals surface area contributed by atoms with Crippen molar-refractivity contribution in [2.45, 2.75) is 13.3 Å². The van der Waals surface area contributed by atoms with Gasteiger partial charge in [-0.1, -0.05) is 0 Å². The van der Waals surface area contributed by atoms with Gasteiger partial charge in [0.1, 0.15) is 0 Å². The smallest absolute Gasteiger partial charge is 0.307 e. The monoisotopic (exact) mass is 176 g/mol. The number of nitrogens with one attached hydrogen (secondary N) is 1. The summed E-state index contributed by atoms with van der Waals surface area (Å²) in [5.41, 5.74) is 5.12. The second-order valence-corrected chi connectivity index (χ2v) is 2.29. The molecule has 0 fully saturated rings. The minimum absolute atomic E-state index is 0.203. The highest BCUT2D eigenvalue weighted by Gasteiger charge is 1.99. The van der Waals surface area contributed by atoms with Crippen LogP contribution in [0.25, 0.3) is 0 Å². The Morgan fingerprint density at radius 2 is 2.36 bits per heavy atom. The topological polar surface area (TPSA) is 64.3 Å². The lowest BCUT2D eigenvalue weighted by Crippen LogP contribution is -2.31. The highest BCUT2D eigenvalue weighted by molar-refractivity contribution is 7.80. The molecule has 11 heavy (non-hydrogen) atoms. The maximum Gasteiger partial charge on any atom is 0.307 e. The van der Waals surface area contributed by atoms with E-state index in [1.807, 2.05) is 0 Å². The average molecular weight is 176 g/mol. The Labute approximate surface area is 71.1 Å². The van der Waals surface area contributed by atoms with Crippen molar-refractivity contribution in [2.24, 2.45) is 5.73 Å². The molecule has 0 radical (unpaired) electrons. The van der Waals surface area contributed by atoms with Gasteiger partial charge in [-0.2, -0.15) is 0 Å². The van der Waals surface area contributed by atoms with Gasteiger partial charge in [-0.3, -0.25) is 4.79 Å². The van der Waals surface area contributed by atoms with Crippen LogP contribution in [0.3, 0.4) is 0 Å². The first-order chi connectivity index (χ1) is 5.16. The van der Waals surface area contributed by atoms with E-state index in [0.29, 0.717) is 19.6 Å². The van der Waals surface area contributed by atoms with Gasteiger partial charge in [0.2, 0.25) is 0 Å². The molecule has 0 heterocycles. The standard InChI is InChI=1S/C6H12N2O2S/c1-2-10-5(9)3-4-8-6(7)11/h2-4H2,1H3,(H3,7,8,11). The van der Waals surface area contributed by atoms with Gasteiger partial charge in [-0.25, -0.2) is 0 Å². The molecule has 64 valence electrons. The van der Waals surface area contributed by atoms with E-state index in [9.17, 15) is 4.79 Å². The van der Waals surface area contributed by atoms with E-state index in [-0.39, 0.29) is 11.1 Å². The molecule has 0 aromatic carbocycles. The van der Waals surface area contributed by atoms with Crippen LogP contribution < -0.4 is 11.1 Å². The van der Waals surface area contributed by atoms with Crippen LogP contribution >= 0.6 is 12.2 Å². The van der Waals surface area contributed by atoms with Gasteiger partial charge < -0.3 is 15.8 Å². The molecule has 0 aromatic rings. The number of carbonyl (C=O) groups excluding carboxylic acids is 1. The van der Waals surface area contributed by atoms with Crippen molar-refractivity contribution in [3.8, 4) is 0 Å². The molecule has 0 unspecified atom stereocenters. The fourth-order valence-electron chi connectivity index (χ4n) is 0.521. The Balaban J connectivity index is 3.24. The van der Waals surface area contributed by atoms with E-state index in [2.05, 4.69) is 22.3 Å². The summed E-state index contributed by atoms with van der Waals surface area (Å²) in [5.74, 6) is -0.240. The third kappa shape index (κ3) is 7.05. The van der Waals surface area contributed by atoms with Crippen molar-refractivity contribution in [2.75, 3.05) is 13.2 Å². The molecule has 0 aliphatic heterocycles. The van der Waals surface area contributed by atoms with Gasteiger partial charge in [0.25, 0.3) is 0 Å². The lowest BCUT2D eigenvalue weighted by Gasteiger charge is -2.02. The summed E-state index contributed by atoms with van der Waals surface area (Å²) in [6.07, 6.45) is 0.297. The quantitative estimate of drug-likeness (QED) is 0.457. The largest absolute Gasteiger partial charge is 0.466 e. The summed E-state index contributed by atoms with van der Waals surface area (Å²) in [6.45, 7) is 2.61. The SMILES string of the molecule is CCOC(=O)CCNC(N)=S. The molecular formula is C6H12N2O2S. The van der Waals surface area contributed by atoms with Gasteiger partial charge in [0.05, 0.1) is 13.0 Å². The van der Waals surface area contributed by atoms with Crippen molar-refractivity contribution in [1.82, 2.24) is 5.32 Å². The molecule has 0 atom stereocenters. The second-order valence-electron chi connectivity index (χ2n) is 1.85. The number of hydrogen-bond donors (Lipinski definition) is 2. The predicted molar refractivity (Wildman–Crippen MR) is 46.0 cm³/mol. The summed E-state index contributed by atoms with van der Waals surface area (Å²) < 4.78 is 4.66. The lowest BCUT2D eigenvalue weighted by atomic mass is 10.4. The van der Waals surface area contributed by atoms with E-state index in [4.69, 9.17) is 5.73 Å². The molecule has 0 amide bonds. The maximum absolute atomic E-state index is 10.7. The molecular weight excluding hydrogens is 164 g/mol. The van der Waals surface area contributed by atoms with E-state index in [1.54, 1.807) is 6.92 Å². The number of hydrogen-bond acceptors (Lipinski definition) is 3. The first-order valence-corrected chi connectivity index (χ1v) is 3.76. The first kappa shape index (κ1) is 10.2. The number of carbonyl (C=O) groups is 1. The Morgan fingerprint density at radius 3 is 2.82 bits per heavy atom. The third-order valence-corrected chi connectivity index (χ3v) is 1.08. The van der Waals surface area contributed by atoms with Crippen LogP contribution in [0, 0.1) is 0 Å². The van der Waals surface area contributed by atoms with Gasteiger partial charge in [0, 0.05) is 6.54 Å². The molecule has 0 saturated heterocycles. The van der Waals surface area contributed by atoms with Gasteiger partial charge >= 0.3 is 5.97 Å². The Hall–Kier alpha value is -0.840. The molecule has 0 saturated carbocycles. The molecule has 4 nitrogen and oxygen atoms in total. The molecule has 3 N–H and O–H groups in total. The molecule has 5 heteroatoms. The molecule has 0 spiro atoms. The zero-order valence-electron chi connectivity index (χ0n) is 6.42. The fraction of sp³-hybridized carbons (Fsp3) is 0.667. The number of rotatable bonds is 4. The number of ether oxygens (including phenoxy) is 1. The molecule has 0 aliphatic carbocycles. The highest BCUT2D eigenvalue weighted by atomic mass is 32.1. The zero-order valence-corrected chi connectivity index (χ0v) is 7.24. The van der Waals surface area contributed by atoms with Crippen molar-refractivity contribution >= 4 is 23.3 Å². The van der Waals surface area contributed by atoms with Crippen LogP contribution in [0.5, 0.6) is 0 Å². The highest BCUT2D eigenvalue weighted by Crippen LogP contribution is 1.83. The van der Waals surface area contributed by atoms with E-state index >= 15 is 0 Å². The maximum atomic E-state index is 10.7. The minimum atomic E-state index is -0.240. The zero-order chi connectivity index (χ0) is 8.69. The Kier molecular flexibility index (Phi) is 5.46. The van der Waals surface area contributed by atoms with E-state index in [0.717, 1.165) is 0 Å². The third-order valence-electron chi connectivity index (χ3n) is 0.934. The average Bonchev–Trinajstić information content (AvgIpc) is 1.87. The van der Waals surface area contributed by atoms with Crippen LogP contribution in [0.2, 0.25) is 0 Å². The molecule has 0 bridgehead atoms. The normalized spacial score (nSPS) is 8.82. The summed E-state index contributed by atoms with van der Waals surface area (Å²) in [5, 5.41) is 2.85. The van der Waals surface area contributed by atoms with Crippen LogP contribution in [-0.2, 0) is 9.53 Å². The van der Waals surface area contributed by atoms with Crippen LogP contribution in [0.1, 0.15) is 13.3 Å². The predicted octanol–water partition coefficient (Wildman–Crippen LogP) is -0.227. The minimum Gasteiger partial charge on any atom is -0.466 e. The van der Waals surface area contributed by atoms with Gasteiger partial charge in [-0.15, -0.1) is 0 Å². The summed E-state index contributed by atoms with van der Waals surface area (Å²) in [7, 11) is 0. The Bertz CT molecular complexity index is 150. The second kappa shape index (κ2) is 5.91. The number of esters is 1. The van der Waals surface area contributed by atoms with Crippen molar-refractivity contribution in [3.63, 3.8) is 0 Å². The number of nitrogens with two attached hydrogens (primary N) is 1. The van der Waals surface area contributed by atoms with Gasteiger partial charge in [-0.05, 0) is 19.1 Å². The van der Waals surface area contributed by atoms with Crippen LogP contribution in [0.4, 0.5) is 0 Å². The van der Waals surface area contributed by atoms with E-state index < -0.39 is 0 Å². The van der Waals surface area contributed by atoms with Crippen molar-refractivity contribution in [3.05, 3.63) is 0 Å². The van der Waals surface area contributed by atoms with Gasteiger partial charge in [0.15, 0.2) is 5.11 Å². The summed E-state index contributed by atoms with van der Waals surface area (Å²) in [4.78, 5) is 10.7. The lowest BCUT2D eigenvalue weighted by molar-refractivity contribution is -0.142. The van der Waals surface area contributed by atoms with Crippen molar-refractivity contribution in [1.29, 1.82) is 0 Å². The fourth-order valence-corrected chi connectivity index (χ4v) is 0.623. The summed E-state index contributed by atoms with van der Waals surface area (Å²) in [6, 6.07) is 0. The molecule has 0 aliphatic rings. The number of thiocarbonyl (C=S) groups is 1. The Morgan fingerprint density at radius 1 is 1.73 bits per heavy atom.